The van der Waals surface area contributed by atoms with Gasteiger partial charge in [0.2, 0.25) is 0 Å². The predicted molar refractivity (Wildman–Crippen MR) is 86.8 cm³/mol. The molecule has 1 atom stereocenters. The molecule has 0 saturated heterocycles. The van der Waals surface area contributed by atoms with Gasteiger partial charge < -0.3 is 10.7 Å². The Morgan fingerprint density at radius 2 is 2.00 bits per heavy atom. The number of aromatic nitrogens is 1. The normalized spacial score (nSPS) is 17.3. The van der Waals surface area contributed by atoms with E-state index in [2.05, 4.69) is 24.0 Å². The molecule has 0 spiro atoms. The molecule has 1 aliphatic carbocycles. The minimum atomic E-state index is -0.429. The van der Waals surface area contributed by atoms with Crippen molar-refractivity contribution in [3.05, 3.63) is 51.7 Å². The van der Waals surface area contributed by atoms with Crippen molar-refractivity contribution in [2.45, 2.75) is 26.2 Å². The zero-order valence-corrected chi connectivity index (χ0v) is 12.8. The number of fused-ring (bicyclic) bond motifs is 1. The number of rotatable bonds is 2. The Balaban J connectivity index is 2.30. The van der Waals surface area contributed by atoms with E-state index >= 15 is 0 Å². The molecule has 3 nitrogen and oxygen atoms in total. The van der Waals surface area contributed by atoms with Crippen molar-refractivity contribution in [2.24, 2.45) is 11.7 Å². The molecule has 3 rings (SSSR count). The molecule has 0 aliphatic heterocycles. The average molecular weight is 298 g/mol. The largest absolute Gasteiger partial charge is 0.365 e. The second-order valence-corrected chi connectivity index (χ2v) is 6.15. The summed E-state index contributed by atoms with van der Waals surface area (Å²) in [4.78, 5) is 15.0. The van der Waals surface area contributed by atoms with Crippen LogP contribution in [0.5, 0.6) is 0 Å². The number of aromatic amines is 1. The second-order valence-electron chi connectivity index (χ2n) is 5.74. The minimum Gasteiger partial charge on any atom is -0.365 e. The summed E-state index contributed by atoms with van der Waals surface area (Å²) >= 11 is 5.37. The molecule has 0 fully saturated rings. The van der Waals surface area contributed by atoms with E-state index < -0.39 is 5.91 Å². The summed E-state index contributed by atoms with van der Waals surface area (Å²) in [5, 5.41) is 0. The summed E-state index contributed by atoms with van der Waals surface area (Å²) in [6.45, 7) is 2.24. The number of primary amides is 1. The first-order valence-electron chi connectivity index (χ1n) is 7.21. The van der Waals surface area contributed by atoms with Crippen molar-refractivity contribution < 1.29 is 4.79 Å². The minimum absolute atomic E-state index is 0.429. The highest BCUT2D eigenvalue weighted by molar-refractivity contribution is 7.71. The SMILES string of the molecule is C[C@@H]1CCc2c(c(-c3ccccc3)[nH]c(=S)c2C(N)=O)C1. The molecule has 21 heavy (non-hydrogen) atoms. The van der Waals surface area contributed by atoms with Crippen LogP contribution in [0, 0.1) is 10.6 Å². The molecule has 108 valence electrons. The summed E-state index contributed by atoms with van der Waals surface area (Å²) in [6, 6.07) is 10.1. The number of nitrogens with one attached hydrogen (secondary N) is 1. The van der Waals surface area contributed by atoms with Crippen LogP contribution in [0.3, 0.4) is 0 Å². The first-order chi connectivity index (χ1) is 10.1. The van der Waals surface area contributed by atoms with Crippen molar-refractivity contribution >= 4 is 18.1 Å². The molecule has 4 heteroatoms. The lowest BCUT2D eigenvalue weighted by molar-refractivity contribution is 0.0998. The molecule has 1 amide bonds. The predicted octanol–water partition coefficient (Wildman–Crippen LogP) is 3.63. The van der Waals surface area contributed by atoms with Crippen LogP contribution in [0.1, 0.15) is 34.8 Å². The maximum absolute atomic E-state index is 11.8. The standard InChI is InChI=1S/C17H18N2OS/c1-10-7-8-12-13(9-10)15(11-5-3-2-4-6-11)19-17(21)14(12)16(18)20/h2-6,10H,7-9H2,1H3,(H2,18,20)(H,19,21)/t10-/m1/s1. The Labute approximate surface area is 129 Å². The zero-order valence-electron chi connectivity index (χ0n) is 12.0. The van der Waals surface area contributed by atoms with Crippen LogP contribution in [0.25, 0.3) is 11.3 Å². The van der Waals surface area contributed by atoms with Crippen molar-refractivity contribution in [3.8, 4) is 11.3 Å². The van der Waals surface area contributed by atoms with Crippen LogP contribution in [-0.4, -0.2) is 10.9 Å². The lowest BCUT2D eigenvalue weighted by Gasteiger charge is -2.26. The third-order valence-electron chi connectivity index (χ3n) is 4.18. The lowest BCUT2D eigenvalue weighted by Crippen LogP contribution is -2.22. The molecule has 1 aromatic heterocycles. The summed E-state index contributed by atoms with van der Waals surface area (Å²) in [7, 11) is 0. The maximum Gasteiger partial charge on any atom is 0.251 e. The lowest BCUT2D eigenvalue weighted by atomic mass is 9.81. The van der Waals surface area contributed by atoms with Gasteiger partial charge in [-0.25, -0.2) is 0 Å². The van der Waals surface area contributed by atoms with Gasteiger partial charge in [-0.05, 0) is 41.9 Å². The highest BCUT2D eigenvalue weighted by Crippen LogP contribution is 2.34. The Hall–Kier alpha value is -1.94. The van der Waals surface area contributed by atoms with Crippen molar-refractivity contribution in [3.63, 3.8) is 0 Å². The van der Waals surface area contributed by atoms with Gasteiger partial charge in [0.25, 0.3) is 5.91 Å². The quantitative estimate of drug-likeness (QED) is 0.832. The molecule has 0 saturated carbocycles. The molecule has 0 bridgehead atoms. The van der Waals surface area contributed by atoms with E-state index in [1.165, 1.54) is 5.56 Å². The summed E-state index contributed by atoms with van der Waals surface area (Å²) in [6.07, 6.45) is 2.89. The number of hydrogen-bond acceptors (Lipinski definition) is 2. The van der Waals surface area contributed by atoms with Crippen molar-refractivity contribution in [2.75, 3.05) is 0 Å². The zero-order chi connectivity index (χ0) is 15.0. The van der Waals surface area contributed by atoms with E-state index in [0.717, 1.165) is 36.1 Å². The van der Waals surface area contributed by atoms with Gasteiger partial charge in [0.1, 0.15) is 4.64 Å². The number of carbonyl (C=O) groups excluding carboxylic acids is 1. The van der Waals surface area contributed by atoms with Gasteiger partial charge in [-0.2, -0.15) is 0 Å². The molecule has 0 unspecified atom stereocenters. The van der Waals surface area contributed by atoms with Gasteiger partial charge in [0.05, 0.1) is 5.56 Å². The summed E-state index contributed by atoms with van der Waals surface area (Å²) < 4.78 is 0.453. The van der Waals surface area contributed by atoms with Crippen LogP contribution in [-0.2, 0) is 12.8 Å². The number of pyridine rings is 1. The van der Waals surface area contributed by atoms with Gasteiger partial charge in [0.15, 0.2) is 0 Å². The number of carbonyl (C=O) groups is 1. The molecular formula is C17H18N2OS. The van der Waals surface area contributed by atoms with E-state index in [4.69, 9.17) is 18.0 Å². The van der Waals surface area contributed by atoms with Gasteiger partial charge in [-0.3, -0.25) is 4.79 Å². The topological polar surface area (TPSA) is 58.9 Å². The Morgan fingerprint density at radius 3 is 2.67 bits per heavy atom. The third kappa shape index (κ3) is 2.51. The summed E-state index contributed by atoms with van der Waals surface area (Å²) in [5.74, 6) is 0.173. The second kappa shape index (κ2) is 5.45. The van der Waals surface area contributed by atoms with Crippen LogP contribution >= 0.6 is 12.2 Å². The molecule has 1 aliphatic rings. The fourth-order valence-electron chi connectivity index (χ4n) is 3.14. The van der Waals surface area contributed by atoms with E-state index in [9.17, 15) is 4.79 Å². The van der Waals surface area contributed by atoms with Gasteiger partial charge >= 0.3 is 0 Å². The number of nitrogens with two attached hydrogens (primary N) is 1. The molecule has 0 radical (unpaired) electrons. The monoisotopic (exact) mass is 298 g/mol. The first-order valence-corrected chi connectivity index (χ1v) is 7.62. The van der Waals surface area contributed by atoms with Crippen LogP contribution in [0.2, 0.25) is 0 Å². The number of amides is 1. The van der Waals surface area contributed by atoms with Crippen molar-refractivity contribution in [1.29, 1.82) is 0 Å². The third-order valence-corrected chi connectivity index (χ3v) is 4.49. The smallest absolute Gasteiger partial charge is 0.251 e. The molecule has 3 N–H and O–H groups in total. The van der Waals surface area contributed by atoms with Gasteiger partial charge in [0, 0.05) is 5.69 Å². The van der Waals surface area contributed by atoms with E-state index in [1.54, 1.807) is 0 Å². The van der Waals surface area contributed by atoms with Crippen LogP contribution in [0.15, 0.2) is 30.3 Å². The Bertz CT molecular complexity index is 749. The highest BCUT2D eigenvalue weighted by Gasteiger charge is 2.25. The molecule has 1 aromatic carbocycles. The maximum atomic E-state index is 11.8. The van der Waals surface area contributed by atoms with Crippen LogP contribution < -0.4 is 5.73 Å². The fraction of sp³-hybridized carbons (Fsp3) is 0.294. The summed E-state index contributed by atoms with van der Waals surface area (Å²) in [5.41, 5.74) is 10.4. The molecular weight excluding hydrogens is 280 g/mol. The number of hydrogen-bond donors (Lipinski definition) is 2. The van der Waals surface area contributed by atoms with Crippen molar-refractivity contribution in [1.82, 2.24) is 4.98 Å². The highest BCUT2D eigenvalue weighted by atomic mass is 32.1. The van der Waals surface area contributed by atoms with Crippen LogP contribution in [0.4, 0.5) is 0 Å². The Kier molecular flexibility index (Phi) is 3.64. The van der Waals surface area contributed by atoms with Gasteiger partial charge in [-0.15, -0.1) is 0 Å². The van der Waals surface area contributed by atoms with E-state index in [-0.39, 0.29) is 0 Å². The first kappa shape index (κ1) is 14.0. The molecule has 1 heterocycles. The Morgan fingerprint density at radius 1 is 1.29 bits per heavy atom. The molecule has 2 aromatic rings. The van der Waals surface area contributed by atoms with E-state index in [0.29, 0.717) is 16.1 Å². The number of benzene rings is 1. The van der Waals surface area contributed by atoms with E-state index in [1.807, 2.05) is 18.2 Å². The van der Waals surface area contributed by atoms with Gasteiger partial charge in [-0.1, -0.05) is 49.5 Å². The number of H-pyrrole nitrogens is 1. The fourth-order valence-corrected chi connectivity index (χ4v) is 3.47. The average Bonchev–Trinajstić information content (AvgIpc) is 2.47.